The summed E-state index contributed by atoms with van der Waals surface area (Å²) in [6.07, 6.45) is 1.01. The van der Waals surface area contributed by atoms with Crippen molar-refractivity contribution in [1.29, 1.82) is 0 Å². The van der Waals surface area contributed by atoms with Gasteiger partial charge in [0.05, 0.1) is 9.90 Å². The second kappa shape index (κ2) is 9.36. The molecule has 1 aromatic heterocycles. The van der Waals surface area contributed by atoms with Crippen molar-refractivity contribution in [1.82, 2.24) is 4.90 Å². The topological polar surface area (TPSA) is 92.8 Å². The Morgan fingerprint density at radius 1 is 1.17 bits per heavy atom. The number of rotatable bonds is 6. The number of thiophene rings is 1. The second-order valence-corrected chi connectivity index (χ2v) is 10.9. The highest BCUT2D eigenvalue weighted by atomic mass is 35.5. The minimum Gasteiger partial charge on any atom is -0.449 e. The number of piperidine rings is 1. The van der Waals surface area contributed by atoms with Crippen LogP contribution in [-0.4, -0.2) is 44.4 Å². The van der Waals surface area contributed by atoms with Gasteiger partial charge in [0, 0.05) is 18.8 Å². The van der Waals surface area contributed by atoms with Crippen molar-refractivity contribution in [3.63, 3.8) is 0 Å². The van der Waals surface area contributed by atoms with Gasteiger partial charge in [-0.05, 0) is 62.1 Å². The van der Waals surface area contributed by atoms with E-state index in [9.17, 15) is 18.0 Å². The standard InChI is InChI=1S/C20H23ClN2O5S2/c1-13-9-11-23(12-10-13)19(24)14(2)28-20(25)15-3-5-16(6-4-15)22-30(26,27)18-8-7-17(21)29-18/h3-8,13-14,22H,9-12H2,1-2H3/t14-/m0/s1. The van der Waals surface area contributed by atoms with Crippen molar-refractivity contribution < 1.29 is 22.7 Å². The first kappa shape index (κ1) is 22.6. The molecule has 0 aliphatic carbocycles. The summed E-state index contributed by atoms with van der Waals surface area (Å²) in [4.78, 5) is 26.6. The Kier molecular flexibility index (Phi) is 7.05. The molecule has 1 aliphatic rings. The quantitative estimate of drug-likeness (QED) is 0.644. The number of anilines is 1. The number of carbonyl (C=O) groups is 2. The van der Waals surface area contributed by atoms with Crippen LogP contribution >= 0.6 is 22.9 Å². The number of halogens is 1. The number of likely N-dealkylation sites (tertiary alicyclic amines) is 1. The lowest BCUT2D eigenvalue weighted by Crippen LogP contribution is -2.44. The fourth-order valence-corrected chi connectivity index (χ4v) is 5.63. The summed E-state index contributed by atoms with van der Waals surface area (Å²) in [5.41, 5.74) is 0.520. The molecule has 162 valence electrons. The van der Waals surface area contributed by atoms with E-state index in [1.807, 2.05) is 0 Å². The number of carbonyl (C=O) groups excluding carboxylic acids is 2. The van der Waals surface area contributed by atoms with Gasteiger partial charge in [-0.1, -0.05) is 18.5 Å². The third kappa shape index (κ3) is 5.53. The summed E-state index contributed by atoms with van der Waals surface area (Å²) in [6, 6.07) is 8.74. The van der Waals surface area contributed by atoms with Crippen LogP contribution in [0.25, 0.3) is 0 Å². The van der Waals surface area contributed by atoms with Crippen LogP contribution < -0.4 is 4.72 Å². The molecule has 1 aromatic carbocycles. The molecular formula is C20H23ClN2O5S2. The third-order valence-corrected chi connectivity index (χ3v) is 8.02. The SMILES string of the molecule is CC1CCN(C(=O)[C@H](C)OC(=O)c2ccc(NS(=O)(=O)c3ccc(Cl)s3)cc2)CC1. The number of hydrogen-bond donors (Lipinski definition) is 1. The van der Waals surface area contributed by atoms with Gasteiger partial charge in [0.1, 0.15) is 4.21 Å². The Morgan fingerprint density at radius 3 is 2.37 bits per heavy atom. The predicted molar refractivity (Wildman–Crippen MR) is 116 cm³/mol. The molecule has 1 fully saturated rings. The van der Waals surface area contributed by atoms with Gasteiger partial charge >= 0.3 is 5.97 Å². The first-order valence-electron chi connectivity index (χ1n) is 9.53. The lowest BCUT2D eigenvalue weighted by atomic mass is 9.99. The minimum atomic E-state index is -3.75. The molecule has 2 heterocycles. The molecule has 1 N–H and O–H groups in total. The molecule has 0 saturated carbocycles. The summed E-state index contributed by atoms with van der Waals surface area (Å²) in [5.74, 6) is -0.241. The zero-order valence-electron chi connectivity index (χ0n) is 16.6. The predicted octanol–water partition coefficient (Wildman–Crippen LogP) is 4.01. The largest absolute Gasteiger partial charge is 0.449 e. The summed E-state index contributed by atoms with van der Waals surface area (Å²) in [6.45, 7) is 5.07. The zero-order chi connectivity index (χ0) is 21.9. The van der Waals surface area contributed by atoms with Gasteiger partial charge in [0.25, 0.3) is 15.9 Å². The van der Waals surface area contributed by atoms with Gasteiger partial charge in [-0.2, -0.15) is 0 Å². The first-order valence-corrected chi connectivity index (χ1v) is 12.2. The zero-order valence-corrected chi connectivity index (χ0v) is 19.0. The Bertz CT molecular complexity index is 1010. The van der Waals surface area contributed by atoms with Gasteiger partial charge < -0.3 is 9.64 Å². The van der Waals surface area contributed by atoms with Gasteiger partial charge in [-0.3, -0.25) is 9.52 Å². The van der Waals surface area contributed by atoms with E-state index in [4.69, 9.17) is 16.3 Å². The van der Waals surface area contributed by atoms with Crippen LogP contribution in [0.2, 0.25) is 4.34 Å². The number of amides is 1. The van der Waals surface area contributed by atoms with Crippen LogP contribution in [0, 0.1) is 5.92 Å². The van der Waals surface area contributed by atoms with E-state index < -0.39 is 22.1 Å². The van der Waals surface area contributed by atoms with E-state index in [0.717, 1.165) is 24.2 Å². The number of sulfonamides is 1. The summed E-state index contributed by atoms with van der Waals surface area (Å²) < 4.78 is 32.9. The second-order valence-electron chi connectivity index (χ2n) is 7.30. The summed E-state index contributed by atoms with van der Waals surface area (Å²) >= 11 is 6.74. The maximum Gasteiger partial charge on any atom is 0.338 e. The van der Waals surface area contributed by atoms with Crippen molar-refractivity contribution in [2.45, 2.75) is 37.0 Å². The number of esters is 1. The Balaban J connectivity index is 1.59. The van der Waals surface area contributed by atoms with E-state index in [1.165, 1.54) is 36.4 Å². The van der Waals surface area contributed by atoms with Gasteiger partial charge in [0.15, 0.2) is 6.10 Å². The van der Waals surface area contributed by atoms with Crippen molar-refractivity contribution >= 4 is 50.5 Å². The fraction of sp³-hybridized carbons (Fsp3) is 0.400. The van der Waals surface area contributed by atoms with Crippen molar-refractivity contribution in [2.24, 2.45) is 5.92 Å². The summed E-state index contributed by atoms with van der Waals surface area (Å²) in [7, 11) is -3.75. The lowest BCUT2D eigenvalue weighted by molar-refractivity contribution is -0.141. The number of benzene rings is 1. The van der Waals surface area contributed by atoms with Gasteiger partial charge in [-0.25, -0.2) is 13.2 Å². The van der Waals surface area contributed by atoms with E-state index >= 15 is 0 Å². The first-order chi connectivity index (χ1) is 14.2. The van der Waals surface area contributed by atoms with Crippen LogP contribution in [0.5, 0.6) is 0 Å². The van der Waals surface area contributed by atoms with Crippen LogP contribution in [0.4, 0.5) is 5.69 Å². The Labute approximate surface area is 185 Å². The Hall–Kier alpha value is -2.10. The highest BCUT2D eigenvalue weighted by Gasteiger charge is 2.27. The molecule has 0 bridgehead atoms. The maximum atomic E-state index is 12.5. The monoisotopic (exact) mass is 470 g/mol. The Morgan fingerprint density at radius 2 is 1.80 bits per heavy atom. The highest BCUT2D eigenvalue weighted by Crippen LogP contribution is 2.27. The number of nitrogens with one attached hydrogen (secondary N) is 1. The van der Waals surface area contributed by atoms with Crippen LogP contribution in [0.15, 0.2) is 40.6 Å². The molecule has 1 amide bonds. The molecule has 3 rings (SSSR count). The molecule has 10 heteroatoms. The molecule has 0 spiro atoms. The average Bonchev–Trinajstić information content (AvgIpc) is 3.15. The van der Waals surface area contributed by atoms with E-state index in [-0.39, 0.29) is 15.7 Å². The smallest absolute Gasteiger partial charge is 0.338 e. The molecule has 7 nitrogen and oxygen atoms in total. The van der Waals surface area contributed by atoms with Crippen LogP contribution in [0.3, 0.4) is 0 Å². The number of nitrogens with zero attached hydrogens (tertiary/aromatic N) is 1. The fourth-order valence-electron chi connectivity index (χ4n) is 3.09. The van der Waals surface area contributed by atoms with E-state index in [1.54, 1.807) is 11.8 Å². The summed E-state index contributed by atoms with van der Waals surface area (Å²) in [5, 5.41) is 0. The minimum absolute atomic E-state index is 0.0930. The molecule has 30 heavy (non-hydrogen) atoms. The van der Waals surface area contributed by atoms with Crippen LogP contribution in [0.1, 0.15) is 37.0 Å². The molecule has 0 unspecified atom stereocenters. The molecule has 1 aliphatic heterocycles. The van der Waals surface area contributed by atoms with E-state index in [0.29, 0.717) is 29.0 Å². The molecular weight excluding hydrogens is 448 g/mol. The third-order valence-electron chi connectivity index (χ3n) is 4.91. The molecule has 0 radical (unpaired) electrons. The van der Waals surface area contributed by atoms with Gasteiger partial charge in [0.2, 0.25) is 0 Å². The van der Waals surface area contributed by atoms with Crippen molar-refractivity contribution in [2.75, 3.05) is 17.8 Å². The average molecular weight is 471 g/mol. The highest BCUT2D eigenvalue weighted by molar-refractivity contribution is 7.94. The number of ether oxygens (including phenoxy) is 1. The molecule has 2 aromatic rings. The molecule has 1 atom stereocenters. The van der Waals surface area contributed by atoms with E-state index in [2.05, 4.69) is 11.6 Å². The molecule has 1 saturated heterocycles. The lowest BCUT2D eigenvalue weighted by Gasteiger charge is -2.31. The van der Waals surface area contributed by atoms with Crippen molar-refractivity contribution in [3.05, 3.63) is 46.3 Å². The maximum absolute atomic E-state index is 12.5. The number of hydrogen-bond acceptors (Lipinski definition) is 6. The van der Waals surface area contributed by atoms with Gasteiger partial charge in [-0.15, -0.1) is 11.3 Å². The van der Waals surface area contributed by atoms with Crippen molar-refractivity contribution in [3.8, 4) is 0 Å². The van der Waals surface area contributed by atoms with Crippen LogP contribution in [-0.2, 0) is 19.6 Å². The normalized spacial score (nSPS) is 16.2.